The number of nitrogens with zero attached hydrogens (tertiary/aromatic N) is 2. The summed E-state index contributed by atoms with van der Waals surface area (Å²) in [6.45, 7) is 1.20. The third-order valence-electron chi connectivity index (χ3n) is 2.49. The summed E-state index contributed by atoms with van der Waals surface area (Å²) in [7, 11) is 1.45. The standard InChI is InChI=1S/C13H14FN3O/c1-18-13-3-2-10(6-12(13)14)7-16-8-11-4-5-15-9-17-11/h2-6,9,16H,7-8H2,1H3. The Bertz CT molecular complexity index is 505. The first-order valence-corrected chi connectivity index (χ1v) is 5.57. The van der Waals surface area contributed by atoms with Gasteiger partial charge in [-0.05, 0) is 23.8 Å². The summed E-state index contributed by atoms with van der Waals surface area (Å²) in [5.41, 5.74) is 1.77. The van der Waals surface area contributed by atoms with E-state index in [9.17, 15) is 4.39 Å². The van der Waals surface area contributed by atoms with Gasteiger partial charge in [-0.25, -0.2) is 14.4 Å². The second kappa shape index (κ2) is 6.07. The van der Waals surface area contributed by atoms with Crippen LogP contribution in [0.4, 0.5) is 4.39 Å². The summed E-state index contributed by atoms with van der Waals surface area (Å²) in [6.07, 6.45) is 3.20. The number of halogens is 1. The molecule has 0 unspecified atom stereocenters. The van der Waals surface area contributed by atoms with Crippen molar-refractivity contribution in [3.63, 3.8) is 0 Å². The average Bonchev–Trinajstić information content (AvgIpc) is 2.40. The molecule has 0 aliphatic heterocycles. The fourth-order valence-corrected chi connectivity index (χ4v) is 1.58. The predicted molar refractivity (Wildman–Crippen MR) is 65.5 cm³/mol. The van der Waals surface area contributed by atoms with E-state index >= 15 is 0 Å². The van der Waals surface area contributed by atoms with E-state index in [1.54, 1.807) is 12.3 Å². The maximum atomic E-state index is 13.4. The molecule has 0 radical (unpaired) electrons. The van der Waals surface area contributed by atoms with Gasteiger partial charge in [-0.1, -0.05) is 6.07 Å². The number of rotatable bonds is 5. The number of ether oxygens (including phenoxy) is 1. The van der Waals surface area contributed by atoms with E-state index < -0.39 is 0 Å². The van der Waals surface area contributed by atoms with Gasteiger partial charge in [-0.3, -0.25) is 0 Å². The van der Waals surface area contributed by atoms with Crippen LogP contribution >= 0.6 is 0 Å². The lowest BCUT2D eigenvalue weighted by molar-refractivity contribution is 0.386. The highest BCUT2D eigenvalue weighted by molar-refractivity contribution is 5.29. The van der Waals surface area contributed by atoms with Crippen LogP contribution < -0.4 is 10.1 Å². The van der Waals surface area contributed by atoms with Crippen LogP contribution in [0, 0.1) is 5.82 Å². The van der Waals surface area contributed by atoms with Crippen LogP contribution in [-0.4, -0.2) is 17.1 Å². The van der Waals surface area contributed by atoms with E-state index in [1.807, 2.05) is 12.1 Å². The summed E-state index contributed by atoms with van der Waals surface area (Å²) in [6, 6.07) is 6.75. The quantitative estimate of drug-likeness (QED) is 0.876. The Balaban J connectivity index is 1.89. The van der Waals surface area contributed by atoms with E-state index in [1.165, 1.54) is 19.5 Å². The minimum absolute atomic E-state index is 0.259. The van der Waals surface area contributed by atoms with Crippen molar-refractivity contribution in [3.05, 3.63) is 53.9 Å². The lowest BCUT2D eigenvalue weighted by Crippen LogP contribution is -2.13. The van der Waals surface area contributed by atoms with Gasteiger partial charge >= 0.3 is 0 Å². The van der Waals surface area contributed by atoms with Crippen molar-refractivity contribution in [1.82, 2.24) is 15.3 Å². The van der Waals surface area contributed by atoms with Gasteiger partial charge in [0.2, 0.25) is 0 Å². The summed E-state index contributed by atoms with van der Waals surface area (Å²) in [5.74, 6) is -0.0895. The van der Waals surface area contributed by atoms with Gasteiger partial charge in [0, 0.05) is 19.3 Å². The van der Waals surface area contributed by atoms with Crippen molar-refractivity contribution in [3.8, 4) is 5.75 Å². The van der Waals surface area contributed by atoms with Crippen molar-refractivity contribution >= 4 is 0 Å². The molecular formula is C13H14FN3O. The van der Waals surface area contributed by atoms with Crippen LogP contribution in [0.3, 0.4) is 0 Å². The topological polar surface area (TPSA) is 47.0 Å². The number of aromatic nitrogens is 2. The zero-order valence-corrected chi connectivity index (χ0v) is 10.1. The van der Waals surface area contributed by atoms with Crippen LogP contribution in [-0.2, 0) is 13.1 Å². The number of methoxy groups -OCH3 is 1. The van der Waals surface area contributed by atoms with Crippen LogP contribution in [0.2, 0.25) is 0 Å². The normalized spacial score (nSPS) is 10.3. The minimum Gasteiger partial charge on any atom is -0.494 e. The molecule has 18 heavy (non-hydrogen) atoms. The second-order valence-corrected chi connectivity index (χ2v) is 3.77. The van der Waals surface area contributed by atoms with Gasteiger partial charge in [-0.15, -0.1) is 0 Å². The number of nitrogens with one attached hydrogen (secondary N) is 1. The Morgan fingerprint density at radius 3 is 2.83 bits per heavy atom. The molecule has 2 rings (SSSR count). The van der Waals surface area contributed by atoms with Gasteiger partial charge in [0.1, 0.15) is 6.33 Å². The minimum atomic E-state index is -0.348. The molecule has 1 heterocycles. The van der Waals surface area contributed by atoms with Crippen molar-refractivity contribution in [2.24, 2.45) is 0 Å². The molecule has 1 aromatic carbocycles. The van der Waals surface area contributed by atoms with Crippen molar-refractivity contribution in [2.75, 3.05) is 7.11 Å². The molecule has 0 aliphatic rings. The summed E-state index contributed by atoms with van der Waals surface area (Å²) < 4.78 is 18.3. The Hall–Kier alpha value is -2.01. The van der Waals surface area contributed by atoms with Crippen LogP contribution in [0.5, 0.6) is 5.75 Å². The first-order valence-electron chi connectivity index (χ1n) is 5.57. The molecule has 0 saturated carbocycles. The molecule has 94 valence electrons. The Morgan fingerprint density at radius 2 is 2.17 bits per heavy atom. The van der Waals surface area contributed by atoms with Crippen LogP contribution in [0.1, 0.15) is 11.3 Å². The third-order valence-corrected chi connectivity index (χ3v) is 2.49. The summed E-state index contributed by atoms with van der Waals surface area (Å²) >= 11 is 0. The molecule has 5 heteroatoms. The van der Waals surface area contributed by atoms with Gasteiger partial charge in [0.15, 0.2) is 11.6 Å². The lowest BCUT2D eigenvalue weighted by atomic mass is 10.2. The van der Waals surface area contributed by atoms with Gasteiger partial charge in [0.25, 0.3) is 0 Å². The van der Waals surface area contributed by atoms with Gasteiger partial charge in [0.05, 0.1) is 12.8 Å². The van der Waals surface area contributed by atoms with Gasteiger partial charge < -0.3 is 10.1 Å². The maximum absolute atomic E-state index is 13.4. The largest absolute Gasteiger partial charge is 0.494 e. The number of hydrogen-bond donors (Lipinski definition) is 1. The first-order chi connectivity index (χ1) is 8.79. The molecule has 0 bridgehead atoms. The smallest absolute Gasteiger partial charge is 0.165 e. The highest BCUT2D eigenvalue weighted by Gasteiger charge is 2.03. The SMILES string of the molecule is COc1ccc(CNCc2ccncn2)cc1F. The maximum Gasteiger partial charge on any atom is 0.165 e. The lowest BCUT2D eigenvalue weighted by Gasteiger charge is -2.06. The third kappa shape index (κ3) is 3.24. The molecule has 1 aromatic heterocycles. The molecular weight excluding hydrogens is 233 g/mol. The summed E-state index contributed by atoms with van der Waals surface area (Å²) in [4.78, 5) is 7.93. The molecule has 1 N–H and O–H groups in total. The summed E-state index contributed by atoms with van der Waals surface area (Å²) in [5, 5.41) is 3.18. The Labute approximate surface area is 105 Å². The van der Waals surface area contributed by atoms with Crippen LogP contribution in [0.15, 0.2) is 36.8 Å². The van der Waals surface area contributed by atoms with Crippen molar-refractivity contribution in [1.29, 1.82) is 0 Å². The van der Waals surface area contributed by atoms with Crippen molar-refractivity contribution < 1.29 is 9.13 Å². The molecule has 0 amide bonds. The molecule has 4 nitrogen and oxygen atoms in total. The highest BCUT2D eigenvalue weighted by Crippen LogP contribution is 2.17. The monoisotopic (exact) mass is 247 g/mol. The number of benzene rings is 1. The molecule has 0 aliphatic carbocycles. The molecule has 0 atom stereocenters. The van der Waals surface area contributed by atoms with E-state index in [0.717, 1.165) is 11.3 Å². The highest BCUT2D eigenvalue weighted by atomic mass is 19.1. The van der Waals surface area contributed by atoms with E-state index in [0.29, 0.717) is 13.1 Å². The Kier molecular flexibility index (Phi) is 4.20. The van der Waals surface area contributed by atoms with E-state index in [2.05, 4.69) is 15.3 Å². The van der Waals surface area contributed by atoms with E-state index in [4.69, 9.17) is 4.74 Å². The zero-order valence-electron chi connectivity index (χ0n) is 10.1. The van der Waals surface area contributed by atoms with Crippen molar-refractivity contribution in [2.45, 2.75) is 13.1 Å². The zero-order chi connectivity index (χ0) is 12.8. The fourth-order valence-electron chi connectivity index (χ4n) is 1.58. The molecule has 2 aromatic rings. The number of hydrogen-bond acceptors (Lipinski definition) is 4. The second-order valence-electron chi connectivity index (χ2n) is 3.77. The fraction of sp³-hybridized carbons (Fsp3) is 0.231. The Morgan fingerprint density at radius 1 is 1.28 bits per heavy atom. The molecule has 0 fully saturated rings. The first kappa shape index (κ1) is 12.4. The van der Waals surface area contributed by atoms with Crippen LogP contribution in [0.25, 0.3) is 0 Å². The van der Waals surface area contributed by atoms with E-state index in [-0.39, 0.29) is 11.6 Å². The predicted octanol–water partition coefficient (Wildman–Crippen LogP) is 1.91. The average molecular weight is 247 g/mol. The van der Waals surface area contributed by atoms with Gasteiger partial charge in [-0.2, -0.15) is 0 Å². The molecule has 0 saturated heterocycles. The molecule has 0 spiro atoms.